The molecule has 2 aromatic heterocycles. The molecule has 8 nitrogen and oxygen atoms in total. The summed E-state index contributed by atoms with van der Waals surface area (Å²) in [6.07, 6.45) is 5.40. The summed E-state index contributed by atoms with van der Waals surface area (Å²) in [6.45, 7) is -0.0274. The van der Waals surface area contributed by atoms with Crippen LogP contribution in [0.4, 0.5) is 10.5 Å². The van der Waals surface area contributed by atoms with Gasteiger partial charge in [0.15, 0.2) is 0 Å². The van der Waals surface area contributed by atoms with Crippen molar-refractivity contribution >= 4 is 29.2 Å². The number of benzene rings is 1. The van der Waals surface area contributed by atoms with E-state index in [1.54, 1.807) is 19.4 Å². The Hall–Kier alpha value is -3.39. The fourth-order valence-corrected chi connectivity index (χ4v) is 3.23. The maximum atomic E-state index is 12.7. The highest BCUT2D eigenvalue weighted by Crippen LogP contribution is 2.31. The molecule has 0 bridgehead atoms. The summed E-state index contributed by atoms with van der Waals surface area (Å²) in [7, 11) is 1.59. The summed E-state index contributed by atoms with van der Waals surface area (Å²) in [5, 5.41) is 7.04. The van der Waals surface area contributed by atoms with Gasteiger partial charge in [0, 0.05) is 25.7 Å². The van der Waals surface area contributed by atoms with Gasteiger partial charge < -0.3 is 15.0 Å². The number of rotatable bonds is 3. The number of carbonyl (C=O) groups excluding carboxylic acids is 2. The molecular formula is C20H18ClN5O3. The molecule has 29 heavy (non-hydrogen) atoms. The third kappa shape index (κ3) is 4.07. The van der Waals surface area contributed by atoms with E-state index in [-0.39, 0.29) is 17.7 Å². The minimum Gasteiger partial charge on any atom is -0.489 e. The van der Waals surface area contributed by atoms with Crippen LogP contribution in [-0.4, -0.2) is 46.4 Å². The number of fused-ring (bicyclic) bond motifs is 1. The Labute approximate surface area is 172 Å². The highest BCUT2D eigenvalue weighted by Gasteiger charge is 2.31. The van der Waals surface area contributed by atoms with Gasteiger partial charge in [-0.15, -0.1) is 0 Å². The minimum absolute atomic E-state index is 0.0274. The van der Waals surface area contributed by atoms with Crippen molar-refractivity contribution < 1.29 is 14.3 Å². The van der Waals surface area contributed by atoms with Crippen LogP contribution < -0.4 is 15.0 Å². The van der Waals surface area contributed by atoms with E-state index in [9.17, 15) is 9.59 Å². The number of aromatic nitrogens is 3. The third-order valence-electron chi connectivity index (χ3n) is 4.60. The van der Waals surface area contributed by atoms with E-state index in [4.69, 9.17) is 16.3 Å². The van der Waals surface area contributed by atoms with E-state index in [2.05, 4.69) is 15.4 Å². The molecule has 1 aromatic carbocycles. The first-order valence-electron chi connectivity index (χ1n) is 8.95. The van der Waals surface area contributed by atoms with Gasteiger partial charge in [-0.05, 0) is 11.1 Å². The molecule has 1 aliphatic rings. The van der Waals surface area contributed by atoms with E-state index < -0.39 is 12.1 Å². The molecular weight excluding hydrogens is 394 g/mol. The highest BCUT2D eigenvalue weighted by atomic mass is 35.5. The number of ether oxygens (including phenoxy) is 1. The van der Waals surface area contributed by atoms with Crippen LogP contribution in [0.2, 0.25) is 5.15 Å². The highest BCUT2D eigenvalue weighted by molar-refractivity contribution is 6.29. The topological polar surface area (TPSA) is 89.4 Å². The van der Waals surface area contributed by atoms with Gasteiger partial charge in [-0.3, -0.25) is 4.79 Å². The van der Waals surface area contributed by atoms with E-state index in [0.29, 0.717) is 17.9 Å². The summed E-state index contributed by atoms with van der Waals surface area (Å²) in [6, 6.07) is 10.0. The van der Waals surface area contributed by atoms with Crippen molar-refractivity contribution in [3.8, 4) is 5.75 Å². The SMILES string of the molecule is CN1C(=O)[C@@H](NC(=O)n2cc(Cc3ccccc3)cn2)COc2cc(Cl)ncc21. The summed E-state index contributed by atoms with van der Waals surface area (Å²) in [5.74, 6) is 0.111. The number of amides is 2. The lowest BCUT2D eigenvalue weighted by Gasteiger charge is -2.19. The van der Waals surface area contributed by atoms with Gasteiger partial charge in [-0.1, -0.05) is 41.9 Å². The van der Waals surface area contributed by atoms with Crippen molar-refractivity contribution in [3.63, 3.8) is 0 Å². The molecule has 3 aromatic rings. The maximum absolute atomic E-state index is 12.7. The normalized spacial score (nSPS) is 16.0. The number of hydrogen-bond acceptors (Lipinski definition) is 5. The quantitative estimate of drug-likeness (QED) is 0.669. The molecule has 0 saturated heterocycles. The van der Waals surface area contributed by atoms with Gasteiger partial charge in [0.1, 0.15) is 29.2 Å². The number of anilines is 1. The van der Waals surface area contributed by atoms with Crippen LogP contribution in [0.1, 0.15) is 11.1 Å². The van der Waals surface area contributed by atoms with Gasteiger partial charge >= 0.3 is 6.03 Å². The van der Waals surface area contributed by atoms with Gasteiger partial charge in [0.25, 0.3) is 5.91 Å². The summed E-state index contributed by atoms with van der Waals surface area (Å²) in [5.41, 5.74) is 2.49. The van der Waals surface area contributed by atoms with E-state index in [1.165, 1.54) is 21.8 Å². The van der Waals surface area contributed by atoms with Gasteiger partial charge in [-0.2, -0.15) is 9.78 Å². The number of carbonyl (C=O) groups is 2. The molecule has 0 saturated carbocycles. The van der Waals surface area contributed by atoms with E-state index in [0.717, 1.165) is 11.1 Å². The summed E-state index contributed by atoms with van der Waals surface area (Å²) >= 11 is 5.90. The zero-order chi connectivity index (χ0) is 20.4. The first-order valence-corrected chi connectivity index (χ1v) is 9.33. The van der Waals surface area contributed by atoms with Crippen molar-refractivity contribution in [2.24, 2.45) is 0 Å². The average molecular weight is 412 g/mol. The second-order valence-electron chi connectivity index (χ2n) is 6.64. The molecule has 148 valence electrons. The van der Waals surface area contributed by atoms with Crippen LogP contribution in [0.3, 0.4) is 0 Å². The monoisotopic (exact) mass is 411 g/mol. The van der Waals surface area contributed by atoms with Crippen LogP contribution in [-0.2, 0) is 11.2 Å². The lowest BCUT2D eigenvalue weighted by Crippen LogP contribution is -2.50. The summed E-state index contributed by atoms with van der Waals surface area (Å²) in [4.78, 5) is 30.7. The smallest absolute Gasteiger partial charge is 0.342 e. The van der Waals surface area contributed by atoms with E-state index >= 15 is 0 Å². The maximum Gasteiger partial charge on any atom is 0.342 e. The molecule has 0 aliphatic carbocycles. The van der Waals surface area contributed by atoms with Crippen molar-refractivity contribution in [3.05, 3.63) is 71.3 Å². The van der Waals surface area contributed by atoms with Crippen molar-refractivity contribution in [1.29, 1.82) is 0 Å². The lowest BCUT2D eigenvalue weighted by molar-refractivity contribution is -0.120. The lowest BCUT2D eigenvalue weighted by atomic mass is 10.1. The number of likely N-dealkylation sites (N-methyl/N-ethyl adjacent to an activating group) is 1. The number of pyridine rings is 1. The Morgan fingerprint density at radius 1 is 1.28 bits per heavy atom. The fourth-order valence-electron chi connectivity index (χ4n) is 3.08. The first kappa shape index (κ1) is 18.9. The number of halogens is 1. The molecule has 2 amide bonds. The van der Waals surface area contributed by atoms with Crippen LogP contribution in [0.5, 0.6) is 5.75 Å². The standard InChI is InChI=1S/C20H18ClN5O3/c1-25-16-10-22-18(21)8-17(16)29-12-15(19(25)27)24-20(28)26-11-14(9-23-26)7-13-5-3-2-4-6-13/h2-6,8-11,15H,7,12H2,1H3,(H,24,28)/t15-/m0/s1. The van der Waals surface area contributed by atoms with E-state index in [1.807, 2.05) is 30.3 Å². The largest absolute Gasteiger partial charge is 0.489 e. The van der Waals surface area contributed by atoms with Gasteiger partial charge in [0.05, 0.1) is 12.4 Å². The Morgan fingerprint density at radius 3 is 2.86 bits per heavy atom. The Balaban J connectivity index is 1.45. The Bertz CT molecular complexity index is 1050. The summed E-state index contributed by atoms with van der Waals surface area (Å²) < 4.78 is 6.85. The molecule has 0 spiro atoms. The average Bonchev–Trinajstić information content (AvgIpc) is 3.15. The Morgan fingerprint density at radius 2 is 2.07 bits per heavy atom. The molecule has 0 unspecified atom stereocenters. The molecule has 4 rings (SSSR count). The molecule has 3 heterocycles. The minimum atomic E-state index is -0.875. The molecule has 0 radical (unpaired) electrons. The molecule has 0 fully saturated rings. The predicted octanol–water partition coefficient (Wildman–Crippen LogP) is 2.50. The molecule has 1 aliphatic heterocycles. The third-order valence-corrected chi connectivity index (χ3v) is 4.81. The molecule has 1 atom stereocenters. The van der Waals surface area contributed by atoms with Crippen molar-refractivity contribution in [2.45, 2.75) is 12.5 Å². The predicted molar refractivity (Wildman–Crippen MR) is 107 cm³/mol. The fraction of sp³-hybridized carbons (Fsp3) is 0.200. The zero-order valence-corrected chi connectivity index (χ0v) is 16.3. The molecule has 9 heteroatoms. The second kappa shape index (κ2) is 7.92. The van der Waals surface area contributed by atoms with Crippen molar-refractivity contribution in [2.75, 3.05) is 18.6 Å². The Kier molecular flexibility index (Phi) is 5.18. The van der Waals surface area contributed by atoms with Crippen molar-refractivity contribution in [1.82, 2.24) is 20.1 Å². The number of nitrogens with zero attached hydrogens (tertiary/aromatic N) is 4. The van der Waals surface area contributed by atoms with Crippen LogP contribution in [0, 0.1) is 0 Å². The zero-order valence-electron chi connectivity index (χ0n) is 15.6. The van der Waals surface area contributed by atoms with Crippen LogP contribution >= 0.6 is 11.6 Å². The van der Waals surface area contributed by atoms with Crippen LogP contribution in [0.15, 0.2) is 55.0 Å². The number of nitrogens with one attached hydrogen (secondary N) is 1. The van der Waals surface area contributed by atoms with Crippen LogP contribution in [0.25, 0.3) is 0 Å². The second-order valence-corrected chi connectivity index (χ2v) is 7.03. The first-order chi connectivity index (χ1) is 14.0. The van der Waals surface area contributed by atoms with Gasteiger partial charge in [-0.25, -0.2) is 9.78 Å². The molecule has 1 N–H and O–H groups in total. The number of hydrogen-bond donors (Lipinski definition) is 1. The van der Waals surface area contributed by atoms with Gasteiger partial charge in [0.2, 0.25) is 0 Å².